The highest BCUT2D eigenvalue weighted by Crippen LogP contribution is 2.24. The Hall–Kier alpha value is -2.26. The summed E-state index contributed by atoms with van der Waals surface area (Å²) in [5.41, 5.74) is 0.237. The Morgan fingerprint density at radius 1 is 1.08 bits per heavy atom. The van der Waals surface area contributed by atoms with Gasteiger partial charge in [0.2, 0.25) is 0 Å². The lowest BCUT2D eigenvalue weighted by Gasteiger charge is -2.24. The Kier molecular flexibility index (Phi) is 7.25. The number of benzene rings is 1. The minimum Gasteiger partial charge on any atom is -0.508 e. The number of alkyl halides is 2. The van der Waals surface area contributed by atoms with Crippen molar-refractivity contribution in [3.8, 4) is 5.75 Å². The summed E-state index contributed by atoms with van der Waals surface area (Å²) >= 11 is 0. The molecule has 1 rings (SSSR count). The molecule has 2 amide bonds. The topological polar surface area (TPSA) is 119 Å². The molecule has 0 saturated heterocycles. The van der Waals surface area contributed by atoms with Gasteiger partial charge in [-0.1, -0.05) is 13.8 Å². The molecule has 2 unspecified atom stereocenters. The van der Waals surface area contributed by atoms with Gasteiger partial charge in [-0.05, 0) is 30.2 Å². The van der Waals surface area contributed by atoms with Gasteiger partial charge < -0.3 is 26.0 Å². The highest BCUT2D eigenvalue weighted by atomic mass is 19.3. The molecule has 25 heavy (non-hydrogen) atoms. The van der Waals surface area contributed by atoms with Crippen LogP contribution in [0.25, 0.3) is 0 Å². The molecule has 1 aromatic rings. The maximum Gasteiger partial charge on any atom is 0.349 e. The molecular formula is C16H22F2N2O5. The number of carbonyl (C=O) groups is 2. The molecule has 0 heterocycles. The molecular weight excluding hydrogens is 338 g/mol. The van der Waals surface area contributed by atoms with Gasteiger partial charge in [0.25, 0.3) is 11.8 Å². The van der Waals surface area contributed by atoms with E-state index >= 15 is 0 Å². The number of phenols is 1. The van der Waals surface area contributed by atoms with Crippen LogP contribution >= 0.6 is 0 Å². The zero-order chi connectivity index (χ0) is 19.2. The van der Waals surface area contributed by atoms with E-state index in [1.807, 2.05) is 5.32 Å². The number of nitrogens with one attached hydrogen (secondary N) is 2. The van der Waals surface area contributed by atoms with Gasteiger partial charge >= 0.3 is 5.92 Å². The van der Waals surface area contributed by atoms with Crippen LogP contribution < -0.4 is 10.6 Å². The molecule has 5 N–H and O–H groups in total. The van der Waals surface area contributed by atoms with Gasteiger partial charge in [-0.2, -0.15) is 8.78 Å². The fourth-order valence-electron chi connectivity index (χ4n) is 1.88. The summed E-state index contributed by atoms with van der Waals surface area (Å²) in [5.74, 6) is -7.05. The molecule has 2 atom stereocenters. The lowest BCUT2D eigenvalue weighted by atomic mass is 10.0. The number of amides is 2. The summed E-state index contributed by atoms with van der Waals surface area (Å²) < 4.78 is 27.3. The summed E-state index contributed by atoms with van der Waals surface area (Å²) in [5, 5.41) is 32.4. The second-order valence-electron chi connectivity index (χ2n) is 5.93. The predicted molar refractivity (Wildman–Crippen MR) is 85.2 cm³/mol. The number of phenolic OH excluding ortho intramolecular Hbond substituents is 1. The number of aliphatic hydroxyl groups is 2. The van der Waals surface area contributed by atoms with Gasteiger partial charge in [0.15, 0.2) is 0 Å². The second-order valence-corrected chi connectivity index (χ2v) is 5.93. The Bertz CT molecular complexity index is 593. The molecule has 0 aliphatic heterocycles. The third-order valence-corrected chi connectivity index (χ3v) is 3.43. The summed E-state index contributed by atoms with van der Waals surface area (Å²) in [6.07, 6.45) is -3.43. The van der Waals surface area contributed by atoms with Crippen LogP contribution in [-0.4, -0.2) is 58.4 Å². The molecule has 0 aliphatic rings. The lowest BCUT2D eigenvalue weighted by molar-refractivity contribution is -0.168. The van der Waals surface area contributed by atoms with Crippen LogP contribution in [0.3, 0.4) is 0 Å². The predicted octanol–water partition coefficient (Wildman–Crippen LogP) is 0.251. The van der Waals surface area contributed by atoms with Crippen molar-refractivity contribution >= 4 is 11.8 Å². The van der Waals surface area contributed by atoms with Crippen LogP contribution in [0.5, 0.6) is 5.75 Å². The van der Waals surface area contributed by atoms with Crippen LogP contribution in [-0.2, 0) is 4.79 Å². The van der Waals surface area contributed by atoms with Crippen LogP contribution in [0.4, 0.5) is 8.78 Å². The molecule has 140 valence electrons. The fraction of sp³-hybridized carbons (Fsp3) is 0.500. The van der Waals surface area contributed by atoms with Crippen molar-refractivity contribution in [3.05, 3.63) is 29.8 Å². The van der Waals surface area contributed by atoms with Gasteiger partial charge in [-0.25, -0.2) is 0 Å². The first kappa shape index (κ1) is 20.8. The summed E-state index contributed by atoms with van der Waals surface area (Å²) in [7, 11) is 0. The first-order valence-electron chi connectivity index (χ1n) is 7.65. The number of hydrogen-bond acceptors (Lipinski definition) is 5. The number of rotatable bonds is 8. The van der Waals surface area contributed by atoms with Gasteiger partial charge in [0.1, 0.15) is 11.9 Å². The van der Waals surface area contributed by atoms with Crippen molar-refractivity contribution < 1.29 is 33.7 Å². The van der Waals surface area contributed by atoms with E-state index in [4.69, 9.17) is 5.11 Å². The molecule has 1 aromatic carbocycles. The van der Waals surface area contributed by atoms with Crippen LogP contribution in [0.1, 0.15) is 24.2 Å². The monoisotopic (exact) mass is 360 g/mol. The lowest BCUT2D eigenvalue weighted by Crippen LogP contribution is -2.52. The van der Waals surface area contributed by atoms with Crippen molar-refractivity contribution in [2.75, 3.05) is 13.1 Å². The van der Waals surface area contributed by atoms with E-state index in [1.165, 1.54) is 38.1 Å². The van der Waals surface area contributed by atoms with Gasteiger partial charge in [-0.3, -0.25) is 9.59 Å². The number of aliphatic hydroxyl groups excluding tert-OH is 2. The Morgan fingerprint density at radius 2 is 1.60 bits per heavy atom. The Labute approximate surface area is 143 Å². The SMILES string of the molecule is CC(C)C(O)C(F)(F)C(=O)NCC(O)CNC(=O)c1ccc(O)cc1. The average Bonchev–Trinajstić information content (AvgIpc) is 2.57. The van der Waals surface area contributed by atoms with Crippen molar-refractivity contribution in [1.82, 2.24) is 10.6 Å². The summed E-state index contributed by atoms with van der Waals surface area (Å²) in [6.45, 7) is 1.90. The van der Waals surface area contributed by atoms with Crippen molar-refractivity contribution in [2.24, 2.45) is 5.92 Å². The smallest absolute Gasteiger partial charge is 0.349 e. The van der Waals surface area contributed by atoms with E-state index in [0.717, 1.165) is 0 Å². The van der Waals surface area contributed by atoms with Crippen molar-refractivity contribution in [1.29, 1.82) is 0 Å². The van der Waals surface area contributed by atoms with Crippen molar-refractivity contribution in [3.63, 3.8) is 0 Å². The standard InChI is InChI=1S/C16H22F2N2O5/c1-9(2)13(23)16(17,18)15(25)20-8-12(22)7-19-14(24)10-3-5-11(21)6-4-10/h3-6,9,12-13,21-23H,7-8H2,1-2H3,(H,19,24)(H,20,25). The van der Waals surface area contributed by atoms with Gasteiger partial charge in [-0.15, -0.1) is 0 Å². The Balaban J connectivity index is 2.44. The fourth-order valence-corrected chi connectivity index (χ4v) is 1.88. The third kappa shape index (κ3) is 5.95. The molecule has 0 aliphatic carbocycles. The largest absolute Gasteiger partial charge is 0.508 e. The van der Waals surface area contributed by atoms with E-state index in [0.29, 0.717) is 0 Å². The Morgan fingerprint density at radius 3 is 2.12 bits per heavy atom. The zero-order valence-corrected chi connectivity index (χ0v) is 13.9. The van der Waals surface area contributed by atoms with Gasteiger partial charge in [0, 0.05) is 18.7 Å². The first-order chi connectivity index (χ1) is 11.6. The third-order valence-electron chi connectivity index (χ3n) is 3.43. The molecule has 0 fully saturated rings. The first-order valence-corrected chi connectivity index (χ1v) is 7.65. The average molecular weight is 360 g/mol. The molecule has 0 saturated carbocycles. The van der Waals surface area contributed by atoms with Crippen LogP contribution in [0.15, 0.2) is 24.3 Å². The summed E-state index contributed by atoms with van der Waals surface area (Å²) in [6, 6.07) is 5.36. The highest BCUT2D eigenvalue weighted by molar-refractivity contribution is 5.94. The van der Waals surface area contributed by atoms with Gasteiger partial charge in [0.05, 0.1) is 6.10 Å². The normalized spacial score (nSPS) is 14.0. The molecule has 9 heteroatoms. The van der Waals surface area contributed by atoms with Crippen LogP contribution in [0, 0.1) is 5.92 Å². The minimum absolute atomic E-state index is 0.0104. The molecule has 0 bridgehead atoms. The molecule has 7 nitrogen and oxygen atoms in total. The van der Waals surface area contributed by atoms with E-state index in [1.54, 1.807) is 0 Å². The van der Waals surface area contributed by atoms with Crippen LogP contribution in [0.2, 0.25) is 0 Å². The van der Waals surface area contributed by atoms with E-state index < -0.39 is 42.4 Å². The molecule has 0 aromatic heterocycles. The number of halogens is 2. The van der Waals surface area contributed by atoms with Crippen molar-refractivity contribution in [2.45, 2.75) is 32.0 Å². The summed E-state index contributed by atoms with van der Waals surface area (Å²) in [4.78, 5) is 23.2. The van der Waals surface area contributed by atoms with E-state index in [2.05, 4.69) is 5.32 Å². The molecule has 0 radical (unpaired) electrons. The molecule has 0 spiro atoms. The quantitative estimate of drug-likeness (QED) is 0.455. The second kappa shape index (κ2) is 8.72. The minimum atomic E-state index is -3.98. The van der Waals surface area contributed by atoms with E-state index in [9.17, 15) is 28.6 Å². The zero-order valence-electron chi connectivity index (χ0n) is 13.9. The number of aromatic hydroxyl groups is 1. The maximum absolute atomic E-state index is 13.6. The number of hydrogen-bond donors (Lipinski definition) is 5. The highest BCUT2D eigenvalue weighted by Gasteiger charge is 2.47. The number of carbonyl (C=O) groups excluding carboxylic acids is 2. The maximum atomic E-state index is 13.6. The van der Waals surface area contributed by atoms with E-state index in [-0.39, 0.29) is 17.9 Å².